The molecule has 0 aliphatic heterocycles. The fourth-order valence-electron chi connectivity index (χ4n) is 1.62. The van der Waals surface area contributed by atoms with E-state index in [2.05, 4.69) is 32.9 Å². The second-order valence-corrected chi connectivity index (χ2v) is 4.11. The lowest BCUT2D eigenvalue weighted by molar-refractivity contribution is 0.585. The van der Waals surface area contributed by atoms with E-state index in [1.807, 2.05) is 6.92 Å². The van der Waals surface area contributed by atoms with Crippen LogP contribution in [0.1, 0.15) is 35.2 Å². The smallest absolute Gasteiger partial charge is 0.0448 e. The van der Waals surface area contributed by atoms with Gasteiger partial charge in [0.15, 0.2) is 0 Å². The molecule has 14 heavy (non-hydrogen) atoms. The molecule has 0 fully saturated rings. The highest BCUT2D eigenvalue weighted by molar-refractivity contribution is 5.40. The first-order chi connectivity index (χ1) is 6.45. The van der Waals surface area contributed by atoms with Crippen LogP contribution in [-0.2, 0) is 0 Å². The van der Waals surface area contributed by atoms with Crippen LogP contribution >= 0.6 is 0 Å². The molecule has 0 saturated carbocycles. The minimum atomic E-state index is -0.0608. The largest absolute Gasteiger partial charge is 0.326 e. The Morgan fingerprint density at radius 2 is 1.57 bits per heavy atom. The molecular formula is C12H20N2. The van der Waals surface area contributed by atoms with Gasteiger partial charge in [0, 0.05) is 12.1 Å². The molecule has 2 unspecified atom stereocenters. The predicted molar refractivity (Wildman–Crippen MR) is 61.2 cm³/mol. The first-order valence-corrected chi connectivity index (χ1v) is 5.03. The fraction of sp³-hybridized carbons (Fsp3) is 0.500. The van der Waals surface area contributed by atoms with E-state index >= 15 is 0 Å². The van der Waals surface area contributed by atoms with Gasteiger partial charge in [-0.1, -0.05) is 12.1 Å². The Balaban J connectivity index is 3.17. The maximum absolute atomic E-state index is 6.03. The van der Waals surface area contributed by atoms with Gasteiger partial charge in [-0.05, 0) is 49.9 Å². The Labute approximate surface area is 86.3 Å². The Morgan fingerprint density at radius 3 is 2.07 bits per heavy atom. The van der Waals surface area contributed by atoms with E-state index in [0.29, 0.717) is 0 Å². The van der Waals surface area contributed by atoms with Gasteiger partial charge in [-0.25, -0.2) is 0 Å². The van der Waals surface area contributed by atoms with Crippen LogP contribution in [0.3, 0.4) is 0 Å². The molecule has 1 rings (SSSR count). The van der Waals surface area contributed by atoms with Crippen molar-refractivity contribution in [2.75, 3.05) is 0 Å². The lowest BCUT2D eigenvalue weighted by Gasteiger charge is -2.20. The predicted octanol–water partition coefficient (Wildman–Crippen LogP) is 1.96. The number of hydrogen-bond donors (Lipinski definition) is 2. The lowest BCUT2D eigenvalue weighted by atomic mass is 9.92. The summed E-state index contributed by atoms with van der Waals surface area (Å²) in [4.78, 5) is 0. The molecule has 0 amide bonds. The van der Waals surface area contributed by atoms with Crippen molar-refractivity contribution in [2.24, 2.45) is 11.5 Å². The average molecular weight is 192 g/mol. The fourth-order valence-corrected chi connectivity index (χ4v) is 1.62. The van der Waals surface area contributed by atoms with Gasteiger partial charge in [-0.2, -0.15) is 0 Å². The zero-order valence-corrected chi connectivity index (χ0v) is 9.46. The van der Waals surface area contributed by atoms with Gasteiger partial charge in [0.2, 0.25) is 0 Å². The standard InChI is InChI=1S/C12H20N2/c1-7-5-6-11(9(3)8(7)2)12(14)10(4)13/h5-6,10,12H,13-14H2,1-4H3. The van der Waals surface area contributed by atoms with Crippen LogP contribution in [0.2, 0.25) is 0 Å². The van der Waals surface area contributed by atoms with Gasteiger partial charge in [0.1, 0.15) is 0 Å². The van der Waals surface area contributed by atoms with E-state index in [9.17, 15) is 0 Å². The zero-order valence-electron chi connectivity index (χ0n) is 9.46. The van der Waals surface area contributed by atoms with E-state index in [-0.39, 0.29) is 12.1 Å². The van der Waals surface area contributed by atoms with Crippen LogP contribution in [-0.4, -0.2) is 6.04 Å². The zero-order chi connectivity index (χ0) is 10.9. The molecule has 0 aliphatic carbocycles. The van der Waals surface area contributed by atoms with Crippen LogP contribution in [0.25, 0.3) is 0 Å². The number of nitrogens with two attached hydrogens (primary N) is 2. The molecular weight excluding hydrogens is 172 g/mol. The third-order valence-corrected chi connectivity index (χ3v) is 3.03. The number of benzene rings is 1. The molecule has 1 aromatic rings. The molecule has 4 N–H and O–H groups in total. The Hall–Kier alpha value is -0.860. The summed E-state index contributed by atoms with van der Waals surface area (Å²) >= 11 is 0. The molecule has 0 heterocycles. The molecule has 2 atom stereocenters. The van der Waals surface area contributed by atoms with Gasteiger partial charge in [-0.3, -0.25) is 0 Å². The molecule has 0 radical (unpaired) electrons. The van der Waals surface area contributed by atoms with E-state index in [4.69, 9.17) is 11.5 Å². The highest BCUT2D eigenvalue weighted by Crippen LogP contribution is 2.22. The second kappa shape index (κ2) is 4.11. The van der Waals surface area contributed by atoms with Crippen molar-refractivity contribution in [1.82, 2.24) is 0 Å². The van der Waals surface area contributed by atoms with Gasteiger partial charge in [0.05, 0.1) is 0 Å². The molecule has 0 aliphatic rings. The number of hydrogen-bond acceptors (Lipinski definition) is 2. The lowest BCUT2D eigenvalue weighted by Crippen LogP contribution is -2.31. The number of aryl methyl sites for hydroxylation is 1. The average Bonchev–Trinajstić information content (AvgIpc) is 2.13. The second-order valence-electron chi connectivity index (χ2n) is 4.11. The van der Waals surface area contributed by atoms with Crippen molar-refractivity contribution in [3.8, 4) is 0 Å². The van der Waals surface area contributed by atoms with Gasteiger partial charge < -0.3 is 11.5 Å². The summed E-state index contributed by atoms with van der Waals surface area (Å²) in [6, 6.07) is 4.14. The molecule has 1 aromatic carbocycles. The topological polar surface area (TPSA) is 52.0 Å². The van der Waals surface area contributed by atoms with Crippen molar-refractivity contribution in [1.29, 1.82) is 0 Å². The van der Waals surface area contributed by atoms with Crippen LogP contribution in [0.4, 0.5) is 0 Å². The Morgan fingerprint density at radius 1 is 1.00 bits per heavy atom. The van der Waals surface area contributed by atoms with Crippen LogP contribution in [0, 0.1) is 20.8 Å². The van der Waals surface area contributed by atoms with E-state index in [1.165, 1.54) is 22.3 Å². The third-order valence-electron chi connectivity index (χ3n) is 3.03. The van der Waals surface area contributed by atoms with E-state index < -0.39 is 0 Å². The number of rotatable bonds is 2. The Kier molecular flexibility index (Phi) is 3.29. The summed E-state index contributed by atoms with van der Waals surface area (Å²) in [5.74, 6) is 0. The summed E-state index contributed by atoms with van der Waals surface area (Å²) in [6.07, 6.45) is 0. The molecule has 78 valence electrons. The molecule has 0 aromatic heterocycles. The first-order valence-electron chi connectivity index (χ1n) is 5.03. The van der Waals surface area contributed by atoms with Gasteiger partial charge in [0.25, 0.3) is 0 Å². The van der Waals surface area contributed by atoms with Crippen molar-refractivity contribution >= 4 is 0 Å². The summed E-state index contributed by atoms with van der Waals surface area (Å²) in [5.41, 5.74) is 16.9. The van der Waals surface area contributed by atoms with Crippen molar-refractivity contribution < 1.29 is 0 Å². The third kappa shape index (κ3) is 1.97. The summed E-state index contributed by atoms with van der Waals surface area (Å²) in [6.45, 7) is 8.30. The molecule has 0 bridgehead atoms. The highest BCUT2D eigenvalue weighted by atomic mass is 14.8. The normalized spacial score (nSPS) is 15.3. The summed E-state index contributed by atoms with van der Waals surface area (Å²) < 4.78 is 0. The van der Waals surface area contributed by atoms with E-state index in [0.717, 1.165) is 0 Å². The Bertz CT molecular complexity index is 329. The summed E-state index contributed by atoms with van der Waals surface area (Å²) in [7, 11) is 0. The van der Waals surface area contributed by atoms with Crippen LogP contribution in [0.15, 0.2) is 12.1 Å². The van der Waals surface area contributed by atoms with Crippen molar-refractivity contribution in [3.63, 3.8) is 0 Å². The maximum Gasteiger partial charge on any atom is 0.0448 e. The van der Waals surface area contributed by atoms with Crippen LogP contribution in [0.5, 0.6) is 0 Å². The molecule has 0 spiro atoms. The van der Waals surface area contributed by atoms with Gasteiger partial charge >= 0.3 is 0 Å². The van der Waals surface area contributed by atoms with Crippen molar-refractivity contribution in [2.45, 2.75) is 39.8 Å². The molecule has 2 nitrogen and oxygen atoms in total. The monoisotopic (exact) mass is 192 g/mol. The van der Waals surface area contributed by atoms with Gasteiger partial charge in [-0.15, -0.1) is 0 Å². The maximum atomic E-state index is 6.03. The molecule has 2 heteroatoms. The summed E-state index contributed by atoms with van der Waals surface area (Å²) in [5, 5.41) is 0. The minimum absolute atomic E-state index is 0.00388. The van der Waals surface area contributed by atoms with E-state index in [1.54, 1.807) is 0 Å². The molecule has 0 saturated heterocycles. The quantitative estimate of drug-likeness (QED) is 0.752. The van der Waals surface area contributed by atoms with Crippen LogP contribution < -0.4 is 11.5 Å². The first kappa shape index (κ1) is 11.2. The highest BCUT2D eigenvalue weighted by Gasteiger charge is 2.14. The van der Waals surface area contributed by atoms with Crippen molar-refractivity contribution in [3.05, 3.63) is 34.4 Å². The minimum Gasteiger partial charge on any atom is -0.326 e. The SMILES string of the molecule is Cc1ccc(C(N)C(C)N)c(C)c1C.